The van der Waals surface area contributed by atoms with Crippen LogP contribution in [-0.2, 0) is 4.74 Å². The van der Waals surface area contributed by atoms with Gasteiger partial charge in [0.05, 0.1) is 13.2 Å². The van der Waals surface area contributed by atoms with E-state index in [1.165, 1.54) is 0 Å². The average molecular weight is 340 g/mol. The van der Waals surface area contributed by atoms with Gasteiger partial charge in [0, 0.05) is 36.8 Å². The predicted molar refractivity (Wildman–Crippen MR) is 92.9 cm³/mol. The van der Waals surface area contributed by atoms with Crippen LogP contribution in [0.2, 0.25) is 0 Å². The number of amides is 2. The first-order valence-corrected chi connectivity index (χ1v) is 9.15. The second-order valence-corrected chi connectivity index (χ2v) is 6.97. The van der Waals surface area contributed by atoms with Crippen molar-refractivity contribution < 1.29 is 9.53 Å². The molecule has 2 amide bonds. The Labute approximate surface area is 142 Å². The van der Waals surface area contributed by atoms with Crippen molar-refractivity contribution in [3.8, 4) is 0 Å². The van der Waals surface area contributed by atoms with Gasteiger partial charge in [-0.25, -0.2) is 9.78 Å². The van der Waals surface area contributed by atoms with Crippen molar-refractivity contribution in [3.63, 3.8) is 0 Å². The Kier molecular flexibility index (Phi) is 6.80. The molecule has 1 aliphatic heterocycles. The Hall–Kier alpha value is -1.18. The summed E-state index contributed by atoms with van der Waals surface area (Å²) in [5, 5.41) is 6.00. The van der Waals surface area contributed by atoms with Crippen molar-refractivity contribution in [2.45, 2.75) is 39.3 Å². The van der Waals surface area contributed by atoms with Gasteiger partial charge in [-0.3, -0.25) is 0 Å². The number of rotatable bonds is 6. The Morgan fingerprint density at radius 2 is 2.43 bits per heavy atom. The molecule has 2 heterocycles. The van der Waals surface area contributed by atoms with Gasteiger partial charge in [0.25, 0.3) is 0 Å². The Bertz CT molecular complexity index is 508. The summed E-state index contributed by atoms with van der Waals surface area (Å²) in [4.78, 5) is 21.2. The second kappa shape index (κ2) is 8.61. The van der Waals surface area contributed by atoms with Crippen LogP contribution in [0.3, 0.4) is 0 Å². The maximum Gasteiger partial charge on any atom is 0.318 e. The molecule has 1 saturated heterocycles. The summed E-state index contributed by atoms with van der Waals surface area (Å²) < 4.78 is 5.55. The van der Waals surface area contributed by atoms with Gasteiger partial charge in [0.2, 0.25) is 0 Å². The van der Waals surface area contributed by atoms with E-state index in [9.17, 15) is 4.79 Å². The van der Waals surface area contributed by atoms with Gasteiger partial charge in [-0.15, -0.1) is 11.3 Å². The highest BCUT2D eigenvalue weighted by atomic mass is 32.1. The standard InChI is InChI=1S/C16H28N4O2S/c1-5-13(3)19(4)7-6-17-16(21)20-8-9-22-10-14(20)15-18-12(2)11-23-15/h11,13-14H,5-10H2,1-4H3,(H,17,21)/t13-,14-/m1/s1. The van der Waals surface area contributed by atoms with Crippen LogP contribution in [0.4, 0.5) is 4.79 Å². The van der Waals surface area contributed by atoms with E-state index in [-0.39, 0.29) is 12.1 Å². The third-order valence-corrected chi connectivity index (χ3v) is 5.46. The Balaban J connectivity index is 1.88. The molecule has 1 fully saturated rings. The molecule has 0 saturated carbocycles. The van der Waals surface area contributed by atoms with Crippen LogP contribution < -0.4 is 5.32 Å². The quantitative estimate of drug-likeness (QED) is 0.863. The number of carbonyl (C=O) groups is 1. The fourth-order valence-corrected chi connectivity index (χ4v) is 3.44. The Morgan fingerprint density at radius 1 is 1.65 bits per heavy atom. The minimum absolute atomic E-state index is 0.0243. The number of morpholine rings is 1. The van der Waals surface area contributed by atoms with Crippen LogP contribution in [0.15, 0.2) is 5.38 Å². The van der Waals surface area contributed by atoms with Gasteiger partial charge in [-0.2, -0.15) is 0 Å². The number of thiazole rings is 1. The first kappa shape index (κ1) is 18.2. The number of aromatic nitrogens is 1. The first-order chi connectivity index (χ1) is 11.0. The lowest BCUT2D eigenvalue weighted by Crippen LogP contribution is -2.49. The first-order valence-electron chi connectivity index (χ1n) is 8.27. The summed E-state index contributed by atoms with van der Waals surface area (Å²) in [7, 11) is 2.09. The van der Waals surface area contributed by atoms with Crippen LogP contribution in [0.25, 0.3) is 0 Å². The Morgan fingerprint density at radius 3 is 3.09 bits per heavy atom. The molecule has 6 nitrogen and oxygen atoms in total. The van der Waals surface area contributed by atoms with Crippen molar-refractivity contribution in [1.82, 2.24) is 20.1 Å². The average Bonchev–Trinajstić information content (AvgIpc) is 3.00. The number of nitrogens with one attached hydrogen (secondary N) is 1. The molecule has 130 valence electrons. The van der Waals surface area contributed by atoms with E-state index >= 15 is 0 Å². The summed E-state index contributed by atoms with van der Waals surface area (Å²) in [5.74, 6) is 0. The normalized spacial score (nSPS) is 19.9. The molecular weight excluding hydrogens is 312 g/mol. The van der Waals surface area contributed by atoms with Gasteiger partial charge < -0.3 is 19.9 Å². The van der Waals surface area contributed by atoms with Crippen LogP contribution in [0.1, 0.15) is 37.0 Å². The molecule has 0 radical (unpaired) electrons. The number of carbonyl (C=O) groups excluding carboxylic acids is 1. The number of hydrogen-bond acceptors (Lipinski definition) is 5. The van der Waals surface area contributed by atoms with Gasteiger partial charge in [-0.05, 0) is 27.3 Å². The molecule has 1 N–H and O–H groups in total. The third kappa shape index (κ3) is 4.89. The smallest absolute Gasteiger partial charge is 0.318 e. The third-order valence-electron chi connectivity index (χ3n) is 4.40. The molecule has 7 heteroatoms. The molecule has 1 aliphatic rings. The summed E-state index contributed by atoms with van der Waals surface area (Å²) >= 11 is 1.59. The van der Waals surface area contributed by atoms with Gasteiger partial charge >= 0.3 is 6.03 Å². The lowest BCUT2D eigenvalue weighted by Gasteiger charge is -2.34. The van der Waals surface area contributed by atoms with Crippen molar-refractivity contribution in [2.75, 3.05) is 39.9 Å². The summed E-state index contributed by atoms with van der Waals surface area (Å²) in [5.41, 5.74) is 0.992. The summed E-state index contributed by atoms with van der Waals surface area (Å²) in [6, 6.07) is 0.430. The monoisotopic (exact) mass is 340 g/mol. The summed E-state index contributed by atoms with van der Waals surface area (Å²) in [6.45, 7) is 9.56. The molecule has 0 aromatic carbocycles. The molecule has 0 spiro atoms. The highest BCUT2D eigenvalue weighted by molar-refractivity contribution is 7.09. The highest BCUT2D eigenvalue weighted by Gasteiger charge is 2.30. The molecule has 0 bridgehead atoms. The molecule has 2 rings (SSSR count). The second-order valence-electron chi connectivity index (χ2n) is 6.08. The van der Waals surface area contributed by atoms with Crippen molar-refractivity contribution in [1.29, 1.82) is 0 Å². The number of ether oxygens (including phenoxy) is 1. The van der Waals surface area contributed by atoms with E-state index in [1.54, 1.807) is 11.3 Å². The fourth-order valence-electron chi connectivity index (χ4n) is 2.55. The maximum atomic E-state index is 12.5. The zero-order valence-corrected chi connectivity index (χ0v) is 15.4. The lowest BCUT2D eigenvalue weighted by molar-refractivity contribution is 0.0114. The molecule has 1 aromatic heterocycles. The molecule has 23 heavy (non-hydrogen) atoms. The number of nitrogens with zero attached hydrogens (tertiary/aromatic N) is 3. The van der Waals surface area contributed by atoms with Gasteiger partial charge in [-0.1, -0.05) is 6.92 Å². The van der Waals surface area contributed by atoms with E-state index in [2.05, 4.69) is 36.1 Å². The van der Waals surface area contributed by atoms with Crippen molar-refractivity contribution in [3.05, 3.63) is 16.1 Å². The van der Waals surface area contributed by atoms with Crippen LogP contribution in [0.5, 0.6) is 0 Å². The molecule has 1 aromatic rings. The van der Waals surface area contributed by atoms with E-state index < -0.39 is 0 Å². The molecule has 0 unspecified atom stereocenters. The van der Waals surface area contributed by atoms with E-state index in [4.69, 9.17) is 4.74 Å². The van der Waals surface area contributed by atoms with Crippen molar-refractivity contribution >= 4 is 17.4 Å². The zero-order valence-electron chi connectivity index (χ0n) is 14.5. The SMILES string of the molecule is CC[C@@H](C)N(C)CCNC(=O)N1CCOC[C@@H]1c1nc(C)cs1. The number of aryl methyl sites for hydroxylation is 1. The fraction of sp³-hybridized carbons (Fsp3) is 0.750. The van der Waals surface area contributed by atoms with Crippen LogP contribution in [-0.4, -0.2) is 66.8 Å². The molecule has 0 aliphatic carbocycles. The van der Waals surface area contributed by atoms with Crippen LogP contribution >= 0.6 is 11.3 Å². The maximum absolute atomic E-state index is 12.5. The minimum Gasteiger partial charge on any atom is -0.377 e. The van der Waals surface area contributed by atoms with Gasteiger partial charge in [0.1, 0.15) is 11.0 Å². The van der Waals surface area contributed by atoms with E-state index in [1.807, 2.05) is 17.2 Å². The topological polar surface area (TPSA) is 57.7 Å². The van der Waals surface area contributed by atoms with Gasteiger partial charge in [0.15, 0.2) is 0 Å². The highest BCUT2D eigenvalue weighted by Crippen LogP contribution is 2.26. The van der Waals surface area contributed by atoms with E-state index in [0.717, 1.165) is 23.7 Å². The zero-order chi connectivity index (χ0) is 16.8. The molecule has 2 atom stereocenters. The van der Waals surface area contributed by atoms with E-state index in [0.29, 0.717) is 32.3 Å². The minimum atomic E-state index is -0.0743. The predicted octanol–water partition coefficient (Wildman–Crippen LogP) is 2.26. The largest absolute Gasteiger partial charge is 0.377 e. The molecular formula is C16H28N4O2S. The van der Waals surface area contributed by atoms with Crippen LogP contribution in [0, 0.1) is 6.92 Å². The number of likely N-dealkylation sites (N-methyl/N-ethyl adjacent to an activating group) is 1. The van der Waals surface area contributed by atoms with Crippen molar-refractivity contribution in [2.24, 2.45) is 0 Å². The number of hydrogen-bond donors (Lipinski definition) is 1. The lowest BCUT2D eigenvalue weighted by atomic mass is 10.2. The number of urea groups is 1. The summed E-state index contributed by atoms with van der Waals surface area (Å²) in [6.07, 6.45) is 1.11.